The maximum absolute atomic E-state index is 13.2. The Morgan fingerprint density at radius 3 is 1.89 bits per heavy atom. The van der Waals surface area contributed by atoms with Gasteiger partial charge in [0.15, 0.2) is 0 Å². The molecule has 0 saturated carbocycles. The molecular weight excluding hydrogens is 372 g/mol. The molecule has 150 valence electrons. The maximum Gasteiger partial charge on any atom is 0.287 e. The molecule has 0 N–H and O–H groups in total. The molecule has 0 fully saturated rings. The van der Waals surface area contributed by atoms with Gasteiger partial charge in [-0.25, -0.2) is 5.01 Å². The molecule has 0 radical (unpaired) electrons. The van der Waals surface area contributed by atoms with Crippen LogP contribution < -0.4 is 0 Å². The number of amides is 2. The lowest BCUT2D eigenvalue weighted by molar-refractivity contribution is -0.00371. The summed E-state index contributed by atoms with van der Waals surface area (Å²) in [5.74, 6) is -0.748. The lowest BCUT2D eigenvalue weighted by atomic mass is 10.0. The first-order valence-electron chi connectivity index (χ1n) is 9.56. The van der Waals surface area contributed by atoms with E-state index in [1.807, 2.05) is 52.8 Å². The van der Waals surface area contributed by atoms with Gasteiger partial charge in [-0.3, -0.25) is 9.59 Å². The first-order valence-corrected chi connectivity index (χ1v) is 9.90. The van der Waals surface area contributed by atoms with Gasteiger partial charge in [0, 0.05) is 22.9 Å². The summed E-state index contributed by atoms with van der Waals surface area (Å²) < 4.78 is 0.913. The van der Waals surface area contributed by atoms with Gasteiger partial charge < -0.3 is 0 Å². The Bertz CT molecular complexity index is 834. The second-order valence-corrected chi connectivity index (χ2v) is 8.50. The molecule has 4 nitrogen and oxygen atoms in total. The molecule has 0 bridgehead atoms. The average Bonchev–Trinajstić information content (AvgIpc) is 2.60. The smallest absolute Gasteiger partial charge is 0.267 e. The van der Waals surface area contributed by atoms with Gasteiger partial charge in [0.25, 0.3) is 11.8 Å². The van der Waals surface area contributed by atoms with Gasteiger partial charge in [0.2, 0.25) is 0 Å². The molecule has 0 spiro atoms. The number of hydrogen-bond donors (Lipinski definition) is 0. The fourth-order valence-electron chi connectivity index (χ4n) is 3.17. The van der Waals surface area contributed by atoms with E-state index in [1.54, 1.807) is 24.3 Å². The molecule has 2 rings (SSSR count). The minimum Gasteiger partial charge on any atom is -0.267 e. The van der Waals surface area contributed by atoms with E-state index in [0.29, 0.717) is 11.1 Å². The number of aryl methyl sites for hydroxylation is 3. The van der Waals surface area contributed by atoms with Crippen LogP contribution in [-0.2, 0) is 6.42 Å². The number of nitrogens with zero attached hydrogens (tertiary/aromatic N) is 2. The van der Waals surface area contributed by atoms with Crippen LogP contribution in [0.5, 0.6) is 0 Å². The summed E-state index contributed by atoms with van der Waals surface area (Å²) >= 11 is 6.44. The number of hydrazine groups is 1. The van der Waals surface area contributed by atoms with Crippen LogP contribution in [0.15, 0.2) is 42.5 Å². The van der Waals surface area contributed by atoms with Gasteiger partial charge in [0.1, 0.15) is 0 Å². The summed E-state index contributed by atoms with van der Waals surface area (Å²) in [4.78, 5) is 26.2. The first kappa shape index (κ1) is 22.0. The molecule has 0 unspecified atom stereocenters. The Balaban J connectivity index is 2.36. The lowest BCUT2D eigenvalue weighted by Crippen LogP contribution is -2.54. The Morgan fingerprint density at radius 2 is 1.43 bits per heavy atom. The van der Waals surface area contributed by atoms with Crippen molar-refractivity contribution < 1.29 is 9.59 Å². The quantitative estimate of drug-likeness (QED) is 0.487. The van der Waals surface area contributed by atoms with Crippen molar-refractivity contribution >= 4 is 23.6 Å². The summed E-state index contributed by atoms with van der Waals surface area (Å²) in [5, 5.41) is 1.31. The van der Waals surface area contributed by atoms with E-state index in [9.17, 15) is 9.59 Å². The molecule has 0 saturated heterocycles. The first-order chi connectivity index (χ1) is 13.0. The van der Waals surface area contributed by atoms with Crippen molar-refractivity contribution in [2.75, 3.05) is 0 Å². The van der Waals surface area contributed by atoms with Gasteiger partial charge in [-0.05, 0) is 70.9 Å². The van der Waals surface area contributed by atoms with Crippen molar-refractivity contribution in [2.24, 2.45) is 0 Å². The summed E-state index contributed by atoms with van der Waals surface area (Å²) in [6.45, 7) is 11.5. The van der Waals surface area contributed by atoms with Crippen molar-refractivity contribution in [3.05, 3.63) is 70.3 Å². The van der Waals surface area contributed by atoms with E-state index in [0.717, 1.165) is 28.5 Å². The number of carbonyl (C=O) groups is 2. The number of hydrogen-bond acceptors (Lipinski definition) is 2. The SMILES string of the molecule is CCCc1ccc(C(=O)N(N(Cl)C(=O)c2cc(C)cc(C)c2)C(C)(C)C)cc1. The van der Waals surface area contributed by atoms with E-state index in [1.165, 1.54) is 10.6 Å². The standard InChI is InChI=1S/C23H29ClN2O2/c1-7-8-18-9-11-19(12-10-18)21(27)25(23(4,5)6)26(24)22(28)20-14-16(2)13-17(3)15-20/h9-15H,7-8H2,1-6H3. The highest BCUT2D eigenvalue weighted by atomic mass is 35.5. The molecule has 0 heterocycles. The van der Waals surface area contributed by atoms with Gasteiger partial charge in [-0.15, -0.1) is 0 Å². The Hall–Kier alpha value is -2.33. The number of halogens is 1. The molecule has 5 heteroatoms. The van der Waals surface area contributed by atoms with Crippen LogP contribution >= 0.6 is 11.8 Å². The van der Waals surface area contributed by atoms with E-state index in [2.05, 4.69) is 6.92 Å². The summed E-state index contributed by atoms with van der Waals surface area (Å²) in [7, 11) is 0. The van der Waals surface area contributed by atoms with Gasteiger partial charge in [-0.1, -0.05) is 42.7 Å². The van der Waals surface area contributed by atoms with Crippen molar-refractivity contribution in [1.29, 1.82) is 0 Å². The summed E-state index contributed by atoms with van der Waals surface area (Å²) in [5.41, 5.74) is 3.37. The normalized spacial score (nSPS) is 11.2. The topological polar surface area (TPSA) is 40.6 Å². The van der Waals surface area contributed by atoms with E-state index in [-0.39, 0.29) is 5.91 Å². The van der Waals surface area contributed by atoms with Crippen LogP contribution in [-0.4, -0.2) is 26.9 Å². The van der Waals surface area contributed by atoms with Crippen LogP contribution in [0.25, 0.3) is 0 Å². The fourth-order valence-corrected chi connectivity index (χ4v) is 3.56. The summed E-state index contributed by atoms with van der Waals surface area (Å²) in [6, 6.07) is 13.0. The van der Waals surface area contributed by atoms with E-state index >= 15 is 0 Å². The average molecular weight is 401 g/mol. The predicted molar refractivity (Wildman–Crippen MR) is 114 cm³/mol. The highest BCUT2D eigenvalue weighted by Gasteiger charge is 2.35. The third kappa shape index (κ3) is 5.14. The van der Waals surface area contributed by atoms with Crippen molar-refractivity contribution in [1.82, 2.24) is 9.54 Å². The van der Waals surface area contributed by atoms with Gasteiger partial charge in [-0.2, -0.15) is 4.53 Å². The minimum atomic E-state index is -0.685. The third-order valence-corrected chi connectivity index (χ3v) is 4.68. The Kier molecular flexibility index (Phi) is 6.89. The van der Waals surface area contributed by atoms with E-state index in [4.69, 9.17) is 11.8 Å². The highest BCUT2D eigenvalue weighted by Crippen LogP contribution is 2.25. The molecule has 0 aliphatic rings. The molecule has 2 aromatic rings. The largest absolute Gasteiger partial charge is 0.287 e. The molecule has 0 aromatic heterocycles. The van der Waals surface area contributed by atoms with Gasteiger partial charge in [0.05, 0.1) is 5.54 Å². The van der Waals surface area contributed by atoms with Gasteiger partial charge >= 0.3 is 0 Å². The van der Waals surface area contributed by atoms with Crippen molar-refractivity contribution in [3.63, 3.8) is 0 Å². The minimum absolute atomic E-state index is 0.316. The second-order valence-electron chi connectivity index (χ2n) is 8.18. The Labute approximate surface area is 173 Å². The zero-order chi connectivity index (χ0) is 21.1. The van der Waals surface area contributed by atoms with Crippen molar-refractivity contribution in [2.45, 2.75) is 59.9 Å². The van der Waals surface area contributed by atoms with Crippen LogP contribution in [0.3, 0.4) is 0 Å². The van der Waals surface area contributed by atoms with E-state index < -0.39 is 11.4 Å². The third-order valence-electron chi connectivity index (χ3n) is 4.38. The lowest BCUT2D eigenvalue weighted by Gasteiger charge is -2.39. The fraction of sp³-hybridized carbons (Fsp3) is 0.391. The molecule has 28 heavy (non-hydrogen) atoms. The number of rotatable bonds is 4. The van der Waals surface area contributed by atoms with Crippen LogP contribution in [0.2, 0.25) is 0 Å². The maximum atomic E-state index is 13.2. The summed E-state index contributed by atoms with van der Waals surface area (Å²) in [6.07, 6.45) is 2.01. The van der Waals surface area contributed by atoms with Crippen molar-refractivity contribution in [3.8, 4) is 0 Å². The molecule has 2 amide bonds. The molecule has 0 atom stereocenters. The molecular formula is C23H29ClN2O2. The molecule has 0 aliphatic carbocycles. The zero-order valence-corrected chi connectivity index (χ0v) is 18.3. The number of benzene rings is 2. The van der Waals surface area contributed by atoms with Crippen LogP contribution in [0.1, 0.15) is 71.5 Å². The predicted octanol–water partition coefficient (Wildman–Crippen LogP) is 5.71. The zero-order valence-electron chi connectivity index (χ0n) is 17.5. The number of carbonyl (C=O) groups excluding carboxylic acids is 2. The molecule has 0 aliphatic heterocycles. The van der Waals surface area contributed by atoms with Crippen LogP contribution in [0, 0.1) is 13.8 Å². The monoisotopic (exact) mass is 400 g/mol. The Morgan fingerprint density at radius 1 is 0.893 bits per heavy atom. The molecule has 2 aromatic carbocycles. The van der Waals surface area contributed by atoms with Crippen LogP contribution in [0.4, 0.5) is 0 Å². The second kappa shape index (κ2) is 8.78. The highest BCUT2D eigenvalue weighted by molar-refractivity contribution is 6.24.